The molecule has 100 valence electrons. The van der Waals surface area contributed by atoms with Crippen molar-refractivity contribution in [2.24, 2.45) is 5.73 Å². The molecule has 1 aromatic rings. The molecule has 0 aromatic heterocycles. The molecule has 18 heavy (non-hydrogen) atoms. The molecule has 0 aliphatic carbocycles. The van der Waals surface area contributed by atoms with Gasteiger partial charge in [0.05, 0.1) is 0 Å². The SMILES string of the molecule is CCC(N)(CCCSc1cccc(C)c1)C(=O)O. The van der Waals surface area contributed by atoms with Crippen molar-refractivity contribution in [3.63, 3.8) is 0 Å². The number of aliphatic carboxylic acids is 1. The van der Waals surface area contributed by atoms with E-state index in [2.05, 4.69) is 25.1 Å². The second kappa shape index (κ2) is 6.81. The zero-order chi connectivity index (χ0) is 13.6. The topological polar surface area (TPSA) is 63.3 Å². The van der Waals surface area contributed by atoms with Crippen molar-refractivity contribution in [2.75, 3.05) is 5.75 Å². The Morgan fingerprint density at radius 2 is 2.22 bits per heavy atom. The molecule has 1 aromatic carbocycles. The Balaban J connectivity index is 2.37. The fourth-order valence-corrected chi connectivity index (χ4v) is 2.69. The largest absolute Gasteiger partial charge is 0.480 e. The van der Waals surface area contributed by atoms with Gasteiger partial charge in [0.2, 0.25) is 0 Å². The Labute approximate surface area is 113 Å². The predicted molar refractivity (Wildman–Crippen MR) is 76.0 cm³/mol. The molecule has 3 nitrogen and oxygen atoms in total. The van der Waals surface area contributed by atoms with Gasteiger partial charge in [-0.2, -0.15) is 0 Å². The standard InChI is InChI=1S/C14H21NO2S/c1-3-14(15,13(16)17)8-5-9-18-12-7-4-6-11(2)10-12/h4,6-7,10H,3,5,8-9,15H2,1-2H3,(H,16,17). The van der Waals surface area contributed by atoms with Gasteiger partial charge >= 0.3 is 5.97 Å². The van der Waals surface area contributed by atoms with Crippen LogP contribution in [0, 0.1) is 6.92 Å². The minimum absolute atomic E-state index is 0.470. The maximum atomic E-state index is 11.0. The van der Waals surface area contributed by atoms with Crippen LogP contribution < -0.4 is 5.73 Å². The third-order valence-corrected chi connectivity index (χ3v) is 4.16. The van der Waals surface area contributed by atoms with E-state index in [0.717, 1.165) is 12.2 Å². The Bertz CT molecular complexity index is 409. The van der Waals surface area contributed by atoms with Crippen LogP contribution in [0.25, 0.3) is 0 Å². The number of hydrogen-bond donors (Lipinski definition) is 2. The van der Waals surface area contributed by atoms with Gasteiger partial charge in [-0.25, -0.2) is 0 Å². The van der Waals surface area contributed by atoms with Crippen LogP contribution in [0.2, 0.25) is 0 Å². The highest BCUT2D eigenvalue weighted by molar-refractivity contribution is 7.99. The summed E-state index contributed by atoms with van der Waals surface area (Å²) < 4.78 is 0. The van der Waals surface area contributed by atoms with E-state index in [1.807, 2.05) is 13.0 Å². The second-order valence-electron chi connectivity index (χ2n) is 4.58. The molecule has 0 saturated heterocycles. The molecule has 0 amide bonds. The molecule has 0 aliphatic rings. The quantitative estimate of drug-likeness (QED) is 0.588. The van der Waals surface area contributed by atoms with E-state index in [4.69, 9.17) is 10.8 Å². The Hall–Kier alpha value is -1.00. The number of carboxylic acids is 1. The summed E-state index contributed by atoms with van der Waals surface area (Å²) in [7, 11) is 0. The zero-order valence-corrected chi connectivity index (χ0v) is 11.8. The van der Waals surface area contributed by atoms with Gasteiger partial charge in [0.15, 0.2) is 0 Å². The van der Waals surface area contributed by atoms with Crippen LogP contribution in [0.5, 0.6) is 0 Å². The lowest BCUT2D eigenvalue weighted by Crippen LogP contribution is -2.47. The highest BCUT2D eigenvalue weighted by Crippen LogP contribution is 2.22. The number of rotatable bonds is 7. The van der Waals surface area contributed by atoms with Crippen molar-refractivity contribution in [1.29, 1.82) is 0 Å². The first-order chi connectivity index (χ1) is 8.48. The van der Waals surface area contributed by atoms with Crippen molar-refractivity contribution < 1.29 is 9.90 Å². The van der Waals surface area contributed by atoms with Gasteiger partial charge in [-0.15, -0.1) is 11.8 Å². The average molecular weight is 267 g/mol. The molecule has 0 radical (unpaired) electrons. The number of aryl methyl sites for hydroxylation is 1. The Morgan fingerprint density at radius 3 is 2.78 bits per heavy atom. The Morgan fingerprint density at radius 1 is 1.50 bits per heavy atom. The van der Waals surface area contributed by atoms with Gasteiger partial charge in [-0.05, 0) is 44.1 Å². The summed E-state index contributed by atoms with van der Waals surface area (Å²) in [5.41, 5.74) is 6.02. The van der Waals surface area contributed by atoms with Crippen LogP contribution in [-0.2, 0) is 4.79 Å². The number of thioether (sulfide) groups is 1. The number of carbonyl (C=O) groups is 1. The lowest BCUT2D eigenvalue weighted by Gasteiger charge is -2.22. The molecular formula is C14H21NO2S. The second-order valence-corrected chi connectivity index (χ2v) is 5.75. The summed E-state index contributed by atoms with van der Waals surface area (Å²) >= 11 is 1.75. The third kappa shape index (κ3) is 4.35. The molecule has 0 saturated carbocycles. The van der Waals surface area contributed by atoms with Crippen molar-refractivity contribution in [3.8, 4) is 0 Å². The van der Waals surface area contributed by atoms with E-state index in [-0.39, 0.29) is 0 Å². The summed E-state index contributed by atoms with van der Waals surface area (Å²) in [4.78, 5) is 12.3. The molecule has 1 rings (SSSR count). The van der Waals surface area contributed by atoms with E-state index in [1.165, 1.54) is 10.5 Å². The van der Waals surface area contributed by atoms with Crippen molar-refractivity contribution >= 4 is 17.7 Å². The summed E-state index contributed by atoms with van der Waals surface area (Å²) in [6.07, 6.45) is 1.81. The van der Waals surface area contributed by atoms with E-state index in [9.17, 15) is 4.79 Å². The fraction of sp³-hybridized carbons (Fsp3) is 0.500. The van der Waals surface area contributed by atoms with Gasteiger partial charge in [-0.3, -0.25) is 4.79 Å². The van der Waals surface area contributed by atoms with E-state index >= 15 is 0 Å². The predicted octanol–water partition coefficient (Wildman–Crippen LogP) is 3.06. The summed E-state index contributed by atoms with van der Waals surface area (Å²) in [5, 5.41) is 9.05. The lowest BCUT2D eigenvalue weighted by molar-refractivity contribution is -0.143. The normalized spacial score (nSPS) is 14.2. The molecule has 0 spiro atoms. The van der Waals surface area contributed by atoms with Crippen LogP contribution in [0.15, 0.2) is 29.2 Å². The highest BCUT2D eigenvalue weighted by atomic mass is 32.2. The maximum absolute atomic E-state index is 11.0. The summed E-state index contributed by atoms with van der Waals surface area (Å²) in [6, 6.07) is 8.31. The number of hydrogen-bond acceptors (Lipinski definition) is 3. The van der Waals surface area contributed by atoms with Gasteiger partial charge in [0.25, 0.3) is 0 Å². The van der Waals surface area contributed by atoms with Gasteiger partial charge < -0.3 is 10.8 Å². The minimum Gasteiger partial charge on any atom is -0.480 e. The zero-order valence-electron chi connectivity index (χ0n) is 11.0. The van der Waals surface area contributed by atoms with Gasteiger partial charge in [0, 0.05) is 4.90 Å². The van der Waals surface area contributed by atoms with E-state index < -0.39 is 11.5 Å². The monoisotopic (exact) mass is 267 g/mol. The van der Waals surface area contributed by atoms with Crippen molar-refractivity contribution in [1.82, 2.24) is 0 Å². The molecule has 1 unspecified atom stereocenters. The van der Waals surface area contributed by atoms with E-state index in [0.29, 0.717) is 12.8 Å². The first-order valence-electron chi connectivity index (χ1n) is 6.19. The van der Waals surface area contributed by atoms with Gasteiger partial charge in [-0.1, -0.05) is 24.6 Å². The average Bonchev–Trinajstić information content (AvgIpc) is 2.34. The molecule has 0 bridgehead atoms. The molecule has 4 heteroatoms. The van der Waals surface area contributed by atoms with Crippen LogP contribution in [0.4, 0.5) is 0 Å². The maximum Gasteiger partial charge on any atom is 0.323 e. The molecule has 0 heterocycles. The summed E-state index contributed by atoms with van der Waals surface area (Å²) in [5.74, 6) is 0.000862. The first kappa shape index (κ1) is 15.1. The highest BCUT2D eigenvalue weighted by Gasteiger charge is 2.30. The molecule has 1 atom stereocenters. The number of carboxylic acid groups (broad SMARTS) is 1. The third-order valence-electron chi connectivity index (χ3n) is 3.08. The fourth-order valence-electron chi connectivity index (χ4n) is 1.72. The number of benzene rings is 1. The van der Waals surface area contributed by atoms with Crippen LogP contribution in [0.3, 0.4) is 0 Å². The minimum atomic E-state index is -1.06. The van der Waals surface area contributed by atoms with Crippen molar-refractivity contribution in [3.05, 3.63) is 29.8 Å². The van der Waals surface area contributed by atoms with Crippen molar-refractivity contribution in [2.45, 2.75) is 43.5 Å². The summed E-state index contributed by atoms with van der Waals surface area (Å²) in [6.45, 7) is 3.89. The van der Waals surface area contributed by atoms with Crippen LogP contribution in [0.1, 0.15) is 31.7 Å². The smallest absolute Gasteiger partial charge is 0.323 e. The Kier molecular flexibility index (Phi) is 5.69. The lowest BCUT2D eigenvalue weighted by atomic mass is 9.92. The van der Waals surface area contributed by atoms with Crippen LogP contribution in [-0.4, -0.2) is 22.4 Å². The molecule has 0 fully saturated rings. The van der Waals surface area contributed by atoms with E-state index in [1.54, 1.807) is 11.8 Å². The molecule has 0 aliphatic heterocycles. The molecular weight excluding hydrogens is 246 g/mol. The van der Waals surface area contributed by atoms with Crippen LogP contribution >= 0.6 is 11.8 Å². The first-order valence-corrected chi connectivity index (χ1v) is 7.18. The number of nitrogens with two attached hydrogens (primary N) is 1. The van der Waals surface area contributed by atoms with Gasteiger partial charge in [0.1, 0.15) is 5.54 Å². The molecule has 3 N–H and O–H groups in total.